The zero-order valence-corrected chi connectivity index (χ0v) is 13.9. The zero-order chi connectivity index (χ0) is 19.2. The molecule has 0 fully saturated rings. The van der Waals surface area contributed by atoms with Gasteiger partial charge in [-0.2, -0.15) is 13.2 Å². The Morgan fingerprint density at radius 3 is 2.50 bits per heavy atom. The van der Waals surface area contributed by atoms with Crippen molar-refractivity contribution in [2.45, 2.75) is 19.0 Å². The summed E-state index contributed by atoms with van der Waals surface area (Å²) < 4.78 is 41.8. The van der Waals surface area contributed by atoms with Crippen LogP contribution in [-0.2, 0) is 18.0 Å². The summed E-state index contributed by atoms with van der Waals surface area (Å²) in [4.78, 5) is 24.5. The maximum absolute atomic E-state index is 13.5. The lowest BCUT2D eigenvalue weighted by atomic mass is 9.79. The van der Waals surface area contributed by atoms with Crippen LogP contribution in [0.5, 0.6) is 0 Å². The largest absolute Gasteiger partial charge is 0.478 e. The van der Waals surface area contributed by atoms with Gasteiger partial charge in [0.25, 0.3) is 5.56 Å². The average molecular weight is 364 g/mol. The van der Waals surface area contributed by atoms with Crippen molar-refractivity contribution < 1.29 is 23.1 Å². The minimum Gasteiger partial charge on any atom is -0.478 e. The molecule has 5 nitrogen and oxygen atoms in total. The molecule has 1 aliphatic heterocycles. The third-order valence-electron chi connectivity index (χ3n) is 4.42. The number of halogens is 3. The number of pyridine rings is 1. The molecule has 136 valence electrons. The molecule has 2 aromatic rings. The van der Waals surface area contributed by atoms with E-state index in [1.807, 2.05) is 0 Å². The van der Waals surface area contributed by atoms with Crippen LogP contribution in [0.1, 0.15) is 29.5 Å². The maximum Gasteiger partial charge on any atom is 0.416 e. The summed E-state index contributed by atoms with van der Waals surface area (Å²) in [7, 11) is 1.46. The topological polar surface area (TPSA) is 71.3 Å². The van der Waals surface area contributed by atoms with Crippen molar-refractivity contribution in [2.75, 3.05) is 5.32 Å². The van der Waals surface area contributed by atoms with Gasteiger partial charge in [0.05, 0.1) is 22.6 Å². The van der Waals surface area contributed by atoms with E-state index < -0.39 is 29.2 Å². The third kappa shape index (κ3) is 2.77. The molecule has 0 spiro atoms. The second-order valence-corrected chi connectivity index (χ2v) is 6.05. The van der Waals surface area contributed by atoms with Gasteiger partial charge in [-0.1, -0.05) is 18.2 Å². The van der Waals surface area contributed by atoms with Crippen LogP contribution in [0.15, 0.2) is 52.6 Å². The summed E-state index contributed by atoms with van der Waals surface area (Å²) in [6, 6.07) is 6.27. The summed E-state index contributed by atoms with van der Waals surface area (Å²) in [6.45, 7) is 1.47. The Bertz CT molecular complexity index is 990. The van der Waals surface area contributed by atoms with Crippen molar-refractivity contribution >= 4 is 11.7 Å². The summed E-state index contributed by atoms with van der Waals surface area (Å²) >= 11 is 0. The number of carboxylic acids is 1. The molecule has 0 saturated heterocycles. The normalized spacial score (nSPS) is 16.9. The number of carboxylic acid groups (broad SMARTS) is 1. The first-order valence-corrected chi connectivity index (χ1v) is 7.69. The maximum atomic E-state index is 13.5. The van der Waals surface area contributed by atoms with E-state index in [-0.39, 0.29) is 22.4 Å². The number of allylic oxidation sites excluding steroid dienone is 1. The third-order valence-corrected chi connectivity index (χ3v) is 4.42. The number of hydrogen-bond donors (Lipinski definition) is 2. The van der Waals surface area contributed by atoms with Gasteiger partial charge in [-0.3, -0.25) is 4.79 Å². The summed E-state index contributed by atoms with van der Waals surface area (Å²) in [5.74, 6) is -2.71. The minimum atomic E-state index is -4.68. The second kappa shape index (κ2) is 6.05. The second-order valence-electron chi connectivity index (χ2n) is 6.05. The van der Waals surface area contributed by atoms with Gasteiger partial charge in [0, 0.05) is 24.6 Å². The Balaban J connectivity index is 2.41. The van der Waals surface area contributed by atoms with E-state index in [2.05, 4.69) is 5.32 Å². The lowest BCUT2D eigenvalue weighted by molar-refractivity contribution is -0.139. The van der Waals surface area contributed by atoms with Crippen LogP contribution in [0.2, 0.25) is 0 Å². The molecule has 1 unspecified atom stereocenters. The van der Waals surface area contributed by atoms with Gasteiger partial charge in [0.2, 0.25) is 0 Å². The van der Waals surface area contributed by atoms with E-state index in [0.29, 0.717) is 5.69 Å². The number of rotatable bonds is 2. The highest BCUT2D eigenvalue weighted by molar-refractivity contribution is 5.93. The molecular formula is C18H15F3N2O3. The molecule has 0 amide bonds. The number of aryl methyl sites for hydroxylation is 1. The summed E-state index contributed by atoms with van der Waals surface area (Å²) in [5, 5.41) is 12.5. The van der Waals surface area contributed by atoms with Crippen molar-refractivity contribution in [3.63, 3.8) is 0 Å². The van der Waals surface area contributed by atoms with Crippen LogP contribution in [0, 0.1) is 0 Å². The lowest BCUT2D eigenvalue weighted by Crippen LogP contribution is -2.32. The Morgan fingerprint density at radius 1 is 1.23 bits per heavy atom. The lowest BCUT2D eigenvalue weighted by Gasteiger charge is -2.30. The smallest absolute Gasteiger partial charge is 0.416 e. The monoisotopic (exact) mass is 364 g/mol. The number of fused-ring (bicyclic) bond motifs is 1. The van der Waals surface area contributed by atoms with E-state index in [4.69, 9.17) is 0 Å². The molecule has 8 heteroatoms. The first-order valence-electron chi connectivity index (χ1n) is 7.69. The van der Waals surface area contributed by atoms with Crippen LogP contribution in [0.25, 0.3) is 0 Å². The molecule has 0 bridgehead atoms. The number of carbonyl (C=O) groups is 1. The number of anilines is 1. The highest BCUT2D eigenvalue weighted by Crippen LogP contribution is 2.44. The van der Waals surface area contributed by atoms with E-state index in [1.165, 1.54) is 42.9 Å². The standard InChI is InChI=1S/C18H15F3N2O3/c1-9-13(17(25)26)14(10-5-3-4-6-11(10)18(19,20)21)15-12(22-9)7-8-23(2)16(15)24/h3-8,14,22H,1-2H3,(H,25,26). The van der Waals surface area contributed by atoms with Crippen molar-refractivity contribution in [1.29, 1.82) is 0 Å². The molecule has 1 aliphatic rings. The quantitative estimate of drug-likeness (QED) is 0.858. The van der Waals surface area contributed by atoms with Gasteiger partial charge in [0.1, 0.15) is 0 Å². The molecule has 26 heavy (non-hydrogen) atoms. The van der Waals surface area contributed by atoms with Gasteiger partial charge in [-0.15, -0.1) is 0 Å². The number of alkyl halides is 3. The Labute approximate surface area is 146 Å². The number of nitrogens with one attached hydrogen (secondary N) is 1. The highest BCUT2D eigenvalue weighted by atomic mass is 19.4. The summed E-state index contributed by atoms with van der Waals surface area (Å²) in [5.41, 5.74) is -1.58. The first kappa shape index (κ1) is 17.8. The van der Waals surface area contributed by atoms with Crippen LogP contribution >= 0.6 is 0 Å². The average Bonchev–Trinajstić information content (AvgIpc) is 2.56. The molecule has 3 rings (SSSR count). The number of nitrogens with zero attached hydrogens (tertiary/aromatic N) is 1. The Kier molecular flexibility index (Phi) is 4.14. The number of aliphatic carboxylic acids is 1. The van der Waals surface area contributed by atoms with Crippen molar-refractivity contribution in [2.24, 2.45) is 7.05 Å². The molecule has 2 N–H and O–H groups in total. The van der Waals surface area contributed by atoms with E-state index >= 15 is 0 Å². The SMILES string of the molecule is CC1=C(C(=O)O)C(c2ccccc2C(F)(F)F)c2c(ccn(C)c2=O)N1. The predicted molar refractivity (Wildman–Crippen MR) is 88.9 cm³/mol. The fourth-order valence-corrected chi connectivity index (χ4v) is 3.27. The highest BCUT2D eigenvalue weighted by Gasteiger charge is 2.41. The van der Waals surface area contributed by atoms with Crippen molar-refractivity contribution in [3.05, 3.63) is 74.8 Å². The molecule has 1 aromatic heterocycles. The summed E-state index contributed by atoms with van der Waals surface area (Å²) in [6.07, 6.45) is -3.21. The number of hydrogen-bond acceptors (Lipinski definition) is 3. The number of benzene rings is 1. The molecule has 0 aliphatic carbocycles. The van der Waals surface area contributed by atoms with E-state index in [9.17, 15) is 27.9 Å². The Hall–Kier alpha value is -3.03. The van der Waals surface area contributed by atoms with Crippen LogP contribution in [0.3, 0.4) is 0 Å². The van der Waals surface area contributed by atoms with Crippen LogP contribution in [-0.4, -0.2) is 15.6 Å². The first-order chi connectivity index (χ1) is 12.1. The van der Waals surface area contributed by atoms with Crippen LogP contribution in [0.4, 0.5) is 18.9 Å². The predicted octanol–water partition coefficient (Wildman–Crippen LogP) is 3.32. The van der Waals surface area contributed by atoms with Gasteiger partial charge in [-0.25, -0.2) is 4.79 Å². The zero-order valence-electron chi connectivity index (χ0n) is 13.9. The fraction of sp³-hybridized carbons (Fsp3) is 0.222. The number of aromatic nitrogens is 1. The molecule has 0 saturated carbocycles. The van der Waals surface area contributed by atoms with Gasteiger partial charge >= 0.3 is 12.1 Å². The van der Waals surface area contributed by atoms with Crippen LogP contribution < -0.4 is 10.9 Å². The van der Waals surface area contributed by atoms with Gasteiger partial charge in [0.15, 0.2) is 0 Å². The van der Waals surface area contributed by atoms with Gasteiger partial charge in [-0.05, 0) is 24.6 Å². The molecule has 0 radical (unpaired) electrons. The van der Waals surface area contributed by atoms with Crippen molar-refractivity contribution in [1.82, 2.24) is 4.57 Å². The van der Waals surface area contributed by atoms with E-state index in [1.54, 1.807) is 6.07 Å². The Morgan fingerprint density at radius 2 is 1.88 bits per heavy atom. The van der Waals surface area contributed by atoms with Gasteiger partial charge < -0.3 is 15.0 Å². The molecule has 2 heterocycles. The molecule has 1 aromatic carbocycles. The van der Waals surface area contributed by atoms with Crippen molar-refractivity contribution in [3.8, 4) is 0 Å². The molecular weight excluding hydrogens is 349 g/mol. The minimum absolute atomic E-state index is 0.0188. The van der Waals surface area contributed by atoms with E-state index in [0.717, 1.165) is 6.07 Å². The fourth-order valence-electron chi connectivity index (χ4n) is 3.27. The molecule has 1 atom stereocenters.